The summed E-state index contributed by atoms with van der Waals surface area (Å²) in [4.78, 5) is 10.4. The number of nitro groups is 1. The van der Waals surface area contributed by atoms with Gasteiger partial charge in [-0.1, -0.05) is 30.3 Å². The van der Waals surface area contributed by atoms with E-state index in [0.29, 0.717) is 13.0 Å². The van der Waals surface area contributed by atoms with Gasteiger partial charge in [0, 0.05) is 19.6 Å². The lowest BCUT2D eigenvalue weighted by Crippen LogP contribution is -2.15. The Labute approximate surface area is 116 Å². The van der Waals surface area contributed by atoms with Crippen LogP contribution in [0.4, 0.5) is 11.5 Å². The fraction of sp³-hybridized carbons (Fsp3) is 0.308. The van der Waals surface area contributed by atoms with Crippen LogP contribution >= 0.6 is 0 Å². The lowest BCUT2D eigenvalue weighted by atomic mass is 10.1. The highest BCUT2D eigenvalue weighted by Gasteiger charge is 2.18. The molecular formula is C13H17N5O2. The first-order valence-corrected chi connectivity index (χ1v) is 6.30. The summed E-state index contributed by atoms with van der Waals surface area (Å²) in [5, 5.41) is 17.8. The van der Waals surface area contributed by atoms with Crippen molar-refractivity contribution in [2.24, 2.45) is 12.8 Å². The third kappa shape index (κ3) is 3.33. The number of hydrogen-bond donors (Lipinski definition) is 2. The van der Waals surface area contributed by atoms with Gasteiger partial charge in [0.2, 0.25) is 5.82 Å². The SMILES string of the molecule is Cn1cc([N+](=O)[O-])c(NCCC(N)c2ccccc2)n1. The molecule has 7 nitrogen and oxygen atoms in total. The number of aromatic nitrogens is 2. The van der Waals surface area contributed by atoms with Gasteiger partial charge in [-0.2, -0.15) is 0 Å². The van der Waals surface area contributed by atoms with E-state index < -0.39 is 4.92 Å². The zero-order chi connectivity index (χ0) is 14.5. The molecule has 0 spiro atoms. The number of nitrogens with zero attached hydrogens (tertiary/aromatic N) is 3. The van der Waals surface area contributed by atoms with Gasteiger partial charge in [-0.25, -0.2) is 0 Å². The molecule has 0 fully saturated rings. The van der Waals surface area contributed by atoms with Gasteiger partial charge in [0.1, 0.15) is 6.20 Å². The molecule has 0 aliphatic rings. The number of rotatable bonds is 6. The highest BCUT2D eigenvalue weighted by Crippen LogP contribution is 2.22. The highest BCUT2D eigenvalue weighted by atomic mass is 16.6. The predicted octanol–water partition coefficient (Wildman–Crippen LogP) is 1.83. The van der Waals surface area contributed by atoms with E-state index in [4.69, 9.17) is 5.73 Å². The van der Waals surface area contributed by atoms with Gasteiger partial charge in [-0.05, 0) is 12.0 Å². The van der Waals surface area contributed by atoms with Gasteiger partial charge < -0.3 is 11.1 Å². The molecule has 0 saturated carbocycles. The lowest BCUT2D eigenvalue weighted by Gasteiger charge is -2.11. The van der Waals surface area contributed by atoms with E-state index in [9.17, 15) is 10.1 Å². The van der Waals surface area contributed by atoms with Crippen LogP contribution in [-0.2, 0) is 7.05 Å². The number of aryl methyl sites for hydroxylation is 1. The molecule has 0 amide bonds. The maximum atomic E-state index is 10.8. The number of nitrogens with one attached hydrogen (secondary N) is 1. The summed E-state index contributed by atoms with van der Waals surface area (Å²) in [6.07, 6.45) is 2.04. The summed E-state index contributed by atoms with van der Waals surface area (Å²) in [7, 11) is 1.65. The third-order valence-corrected chi connectivity index (χ3v) is 2.98. The maximum absolute atomic E-state index is 10.8. The molecule has 20 heavy (non-hydrogen) atoms. The molecule has 2 rings (SSSR count). The summed E-state index contributed by atoms with van der Waals surface area (Å²) in [5.74, 6) is 0.276. The average Bonchev–Trinajstić information content (AvgIpc) is 2.81. The van der Waals surface area contributed by atoms with Crippen molar-refractivity contribution >= 4 is 11.5 Å². The van der Waals surface area contributed by atoms with Crippen LogP contribution in [0, 0.1) is 10.1 Å². The fourth-order valence-electron chi connectivity index (χ4n) is 1.95. The summed E-state index contributed by atoms with van der Waals surface area (Å²) in [5.41, 5.74) is 7.08. The lowest BCUT2D eigenvalue weighted by molar-refractivity contribution is -0.384. The zero-order valence-corrected chi connectivity index (χ0v) is 11.2. The Morgan fingerprint density at radius 2 is 2.15 bits per heavy atom. The molecule has 1 unspecified atom stereocenters. The molecule has 1 aromatic heterocycles. The Morgan fingerprint density at radius 1 is 1.45 bits per heavy atom. The fourth-order valence-corrected chi connectivity index (χ4v) is 1.95. The van der Waals surface area contributed by atoms with Crippen molar-refractivity contribution in [3.05, 3.63) is 52.2 Å². The first-order chi connectivity index (χ1) is 9.58. The van der Waals surface area contributed by atoms with Crippen molar-refractivity contribution in [3.8, 4) is 0 Å². The number of benzene rings is 1. The number of hydrogen-bond acceptors (Lipinski definition) is 5. The van der Waals surface area contributed by atoms with Crippen LogP contribution in [0.2, 0.25) is 0 Å². The minimum Gasteiger partial charge on any atom is -0.363 e. The smallest absolute Gasteiger partial charge is 0.330 e. The van der Waals surface area contributed by atoms with Crippen LogP contribution in [-0.4, -0.2) is 21.2 Å². The number of anilines is 1. The largest absolute Gasteiger partial charge is 0.363 e. The van der Waals surface area contributed by atoms with E-state index in [1.807, 2.05) is 30.3 Å². The molecule has 0 bridgehead atoms. The summed E-state index contributed by atoms with van der Waals surface area (Å²) < 4.78 is 1.41. The molecule has 106 valence electrons. The zero-order valence-electron chi connectivity index (χ0n) is 11.2. The summed E-state index contributed by atoms with van der Waals surface area (Å²) in [6.45, 7) is 0.522. The van der Waals surface area contributed by atoms with Crippen molar-refractivity contribution in [3.63, 3.8) is 0 Å². The van der Waals surface area contributed by atoms with E-state index in [1.54, 1.807) is 7.05 Å². The first kappa shape index (κ1) is 14.0. The Morgan fingerprint density at radius 3 is 2.80 bits per heavy atom. The maximum Gasteiger partial charge on any atom is 0.330 e. The highest BCUT2D eigenvalue weighted by molar-refractivity contribution is 5.54. The van der Waals surface area contributed by atoms with Gasteiger partial charge in [0.15, 0.2) is 0 Å². The van der Waals surface area contributed by atoms with Gasteiger partial charge in [0.05, 0.1) is 4.92 Å². The first-order valence-electron chi connectivity index (χ1n) is 6.30. The van der Waals surface area contributed by atoms with Gasteiger partial charge in [0.25, 0.3) is 0 Å². The molecule has 1 aromatic carbocycles. The molecule has 0 radical (unpaired) electrons. The topological polar surface area (TPSA) is 99.0 Å². The quantitative estimate of drug-likeness (QED) is 0.619. The van der Waals surface area contributed by atoms with E-state index in [0.717, 1.165) is 5.56 Å². The van der Waals surface area contributed by atoms with Gasteiger partial charge in [-0.15, -0.1) is 5.10 Å². The van der Waals surface area contributed by atoms with Crippen LogP contribution in [0.25, 0.3) is 0 Å². The van der Waals surface area contributed by atoms with Crippen LogP contribution in [0.1, 0.15) is 18.0 Å². The molecule has 1 heterocycles. The molecule has 0 saturated heterocycles. The standard InChI is InChI=1S/C13H17N5O2/c1-17-9-12(18(19)20)13(16-17)15-8-7-11(14)10-5-3-2-4-6-10/h2-6,9,11H,7-8,14H2,1H3,(H,15,16). The van der Waals surface area contributed by atoms with E-state index in [2.05, 4.69) is 10.4 Å². The van der Waals surface area contributed by atoms with Gasteiger partial charge >= 0.3 is 5.69 Å². The van der Waals surface area contributed by atoms with Gasteiger partial charge in [-0.3, -0.25) is 14.8 Å². The van der Waals surface area contributed by atoms with E-state index >= 15 is 0 Å². The molecule has 2 aromatic rings. The monoisotopic (exact) mass is 275 g/mol. The van der Waals surface area contributed by atoms with Crippen molar-refractivity contribution < 1.29 is 4.92 Å². The Hall–Kier alpha value is -2.41. The minimum atomic E-state index is -0.452. The van der Waals surface area contributed by atoms with Crippen LogP contribution in [0.5, 0.6) is 0 Å². The predicted molar refractivity (Wildman–Crippen MR) is 76.3 cm³/mol. The Kier molecular flexibility index (Phi) is 4.31. The molecule has 1 atom stereocenters. The molecule has 3 N–H and O–H groups in total. The Balaban J connectivity index is 1.92. The molecular weight excluding hydrogens is 258 g/mol. The number of nitrogens with two attached hydrogens (primary N) is 1. The van der Waals surface area contributed by atoms with Crippen molar-refractivity contribution in [1.82, 2.24) is 9.78 Å². The normalized spacial score (nSPS) is 12.1. The molecule has 0 aliphatic carbocycles. The minimum absolute atomic E-state index is 0.0271. The Bertz CT molecular complexity index is 582. The van der Waals surface area contributed by atoms with Crippen LogP contribution < -0.4 is 11.1 Å². The van der Waals surface area contributed by atoms with Crippen molar-refractivity contribution in [2.75, 3.05) is 11.9 Å². The van der Waals surface area contributed by atoms with Crippen LogP contribution in [0.3, 0.4) is 0 Å². The van der Waals surface area contributed by atoms with Crippen LogP contribution in [0.15, 0.2) is 36.5 Å². The second kappa shape index (κ2) is 6.16. The molecule has 7 heteroatoms. The third-order valence-electron chi connectivity index (χ3n) is 2.98. The second-order valence-corrected chi connectivity index (χ2v) is 4.53. The van der Waals surface area contributed by atoms with E-state index in [-0.39, 0.29) is 17.5 Å². The molecule has 0 aliphatic heterocycles. The van der Waals surface area contributed by atoms with Crippen molar-refractivity contribution in [1.29, 1.82) is 0 Å². The van der Waals surface area contributed by atoms with E-state index in [1.165, 1.54) is 10.9 Å². The van der Waals surface area contributed by atoms with Crippen molar-refractivity contribution in [2.45, 2.75) is 12.5 Å². The second-order valence-electron chi connectivity index (χ2n) is 4.53. The summed E-state index contributed by atoms with van der Waals surface area (Å²) in [6, 6.07) is 9.64. The summed E-state index contributed by atoms with van der Waals surface area (Å²) >= 11 is 0. The average molecular weight is 275 g/mol.